The van der Waals surface area contributed by atoms with Crippen molar-refractivity contribution in [3.8, 4) is 0 Å². The zero-order chi connectivity index (χ0) is 6.57. The Balaban J connectivity index is 3.52. The van der Waals surface area contributed by atoms with Crippen LogP contribution in [0, 0.1) is 5.92 Å². The molecule has 0 aliphatic rings. The van der Waals surface area contributed by atoms with Crippen LogP contribution in [0.4, 0.5) is 0 Å². The van der Waals surface area contributed by atoms with Crippen molar-refractivity contribution in [3.05, 3.63) is 0 Å². The fourth-order valence-corrected chi connectivity index (χ4v) is 0.999. The van der Waals surface area contributed by atoms with Crippen LogP contribution in [0.1, 0.15) is 13.3 Å². The molecule has 3 heteroatoms. The van der Waals surface area contributed by atoms with Crippen molar-refractivity contribution in [1.82, 2.24) is 0 Å². The summed E-state index contributed by atoms with van der Waals surface area (Å²) in [5, 5.41) is -0.331. The molecule has 8 heavy (non-hydrogen) atoms. The van der Waals surface area contributed by atoms with Gasteiger partial charge in [-0.1, -0.05) is 6.92 Å². The molecule has 0 aromatic rings. The van der Waals surface area contributed by atoms with Gasteiger partial charge in [0.15, 0.2) is 0 Å². The minimum Gasteiger partial charge on any atom is -0.281 e. The first-order valence-corrected chi connectivity index (χ1v) is 3.39. The highest BCUT2D eigenvalue weighted by Gasteiger charge is 2.10. The number of rotatable bonds is 3. The molecular weight excluding hydrogens is 147 g/mol. The summed E-state index contributed by atoms with van der Waals surface area (Å²) < 4.78 is 0. The topological polar surface area (TPSA) is 17.1 Å². The average Bonchev–Trinajstić information content (AvgIpc) is 1.69. The first kappa shape index (κ1) is 8.25. The summed E-state index contributed by atoms with van der Waals surface area (Å²) >= 11 is 10.5. The van der Waals surface area contributed by atoms with Gasteiger partial charge in [-0.3, -0.25) is 4.79 Å². The van der Waals surface area contributed by atoms with Gasteiger partial charge in [0.05, 0.1) is 0 Å². The van der Waals surface area contributed by atoms with E-state index in [0.29, 0.717) is 5.88 Å². The number of hydrogen-bond acceptors (Lipinski definition) is 1. The van der Waals surface area contributed by atoms with Gasteiger partial charge in [-0.15, -0.1) is 11.6 Å². The molecule has 0 rings (SSSR count). The van der Waals surface area contributed by atoms with Crippen molar-refractivity contribution < 1.29 is 4.79 Å². The van der Waals surface area contributed by atoms with Gasteiger partial charge in [-0.05, 0) is 18.0 Å². The van der Waals surface area contributed by atoms with Crippen LogP contribution in [-0.4, -0.2) is 11.1 Å². The molecule has 0 saturated carbocycles. The molecule has 0 aliphatic carbocycles. The van der Waals surface area contributed by atoms with Crippen LogP contribution in [0.15, 0.2) is 0 Å². The summed E-state index contributed by atoms with van der Waals surface area (Å²) in [7, 11) is 0. The lowest BCUT2D eigenvalue weighted by molar-refractivity contribution is -0.114. The van der Waals surface area contributed by atoms with E-state index in [1.54, 1.807) is 0 Å². The van der Waals surface area contributed by atoms with Crippen LogP contribution in [0.25, 0.3) is 0 Å². The second kappa shape index (κ2) is 4.16. The normalized spacial score (nSPS) is 13.4. The van der Waals surface area contributed by atoms with Crippen LogP contribution in [0.3, 0.4) is 0 Å². The molecule has 0 N–H and O–H groups in total. The summed E-state index contributed by atoms with van der Waals surface area (Å²) in [5.41, 5.74) is 0. The van der Waals surface area contributed by atoms with Crippen molar-refractivity contribution in [2.24, 2.45) is 5.92 Å². The van der Waals surface area contributed by atoms with Crippen LogP contribution in [0.2, 0.25) is 0 Å². The maximum atomic E-state index is 10.3. The quantitative estimate of drug-likeness (QED) is 0.450. The van der Waals surface area contributed by atoms with E-state index < -0.39 is 0 Å². The lowest BCUT2D eigenvalue weighted by atomic mass is 10.1. The number of carbonyl (C=O) groups excluding carboxylic acids is 1. The van der Waals surface area contributed by atoms with Crippen LogP contribution in [0.5, 0.6) is 0 Å². The molecule has 48 valence electrons. The maximum Gasteiger partial charge on any atom is 0.225 e. The fraction of sp³-hybridized carbons (Fsp3) is 0.800. The van der Waals surface area contributed by atoms with Crippen LogP contribution >= 0.6 is 23.2 Å². The summed E-state index contributed by atoms with van der Waals surface area (Å²) in [6.07, 6.45) is 0.728. The Labute approximate surface area is 59.0 Å². The Kier molecular flexibility index (Phi) is 4.29. The lowest BCUT2D eigenvalue weighted by Crippen LogP contribution is -2.08. The molecule has 0 unspecified atom stereocenters. The Morgan fingerprint density at radius 3 is 2.25 bits per heavy atom. The van der Waals surface area contributed by atoms with E-state index in [4.69, 9.17) is 23.2 Å². The molecule has 0 spiro atoms. The highest BCUT2D eigenvalue weighted by molar-refractivity contribution is 6.64. The largest absolute Gasteiger partial charge is 0.281 e. The predicted molar refractivity (Wildman–Crippen MR) is 35.4 cm³/mol. The van der Waals surface area contributed by atoms with Crippen molar-refractivity contribution >= 4 is 28.4 Å². The minimum atomic E-state index is -0.331. The highest BCUT2D eigenvalue weighted by atomic mass is 35.5. The first-order chi connectivity index (χ1) is 3.72. The average molecular weight is 155 g/mol. The third kappa shape index (κ3) is 2.53. The van der Waals surface area contributed by atoms with E-state index in [1.165, 1.54) is 0 Å². The molecule has 0 saturated heterocycles. The van der Waals surface area contributed by atoms with E-state index in [1.807, 2.05) is 6.92 Å². The second-order valence-corrected chi connectivity index (χ2v) is 2.24. The Hall–Kier alpha value is 0.250. The molecule has 1 atom stereocenters. The molecule has 0 heterocycles. The number of alkyl halides is 1. The van der Waals surface area contributed by atoms with Gasteiger partial charge in [-0.25, -0.2) is 0 Å². The smallest absolute Gasteiger partial charge is 0.225 e. The van der Waals surface area contributed by atoms with Gasteiger partial charge in [0.25, 0.3) is 0 Å². The minimum absolute atomic E-state index is 0.154. The third-order valence-electron chi connectivity index (χ3n) is 1.00. The molecule has 0 fully saturated rings. The molecular formula is C5H8Cl2O. The molecule has 0 aromatic heterocycles. The summed E-state index contributed by atoms with van der Waals surface area (Å²) in [5.74, 6) is 0.178. The van der Waals surface area contributed by atoms with Crippen molar-refractivity contribution in [3.63, 3.8) is 0 Å². The standard InChI is InChI=1S/C5H8Cl2O/c1-2-4(3-6)5(7)8/h4H,2-3H2,1H3/t4-/m1/s1. The number of carbonyl (C=O) groups is 1. The van der Waals surface area contributed by atoms with Gasteiger partial charge in [0.1, 0.15) is 0 Å². The third-order valence-corrected chi connectivity index (χ3v) is 1.68. The number of hydrogen-bond donors (Lipinski definition) is 0. The van der Waals surface area contributed by atoms with E-state index in [0.717, 1.165) is 6.42 Å². The first-order valence-electron chi connectivity index (χ1n) is 2.47. The fourth-order valence-electron chi connectivity index (χ4n) is 0.330. The second-order valence-electron chi connectivity index (χ2n) is 1.56. The van der Waals surface area contributed by atoms with E-state index in [2.05, 4.69) is 0 Å². The van der Waals surface area contributed by atoms with Gasteiger partial charge in [0, 0.05) is 11.8 Å². The van der Waals surface area contributed by atoms with Gasteiger partial charge >= 0.3 is 0 Å². The Morgan fingerprint density at radius 2 is 2.25 bits per heavy atom. The SMILES string of the molecule is CC[C@H](CCl)C(=O)Cl. The monoisotopic (exact) mass is 154 g/mol. The van der Waals surface area contributed by atoms with Crippen LogP contribution < -0.4 is 0 Å². The maximum absolute atomic E-state index is 10.3. The molecule has 1 nitrogen and oxygen atoms in total. The van der Waals surface area contributed by atoms with Gasteiger partial charge in [-0.2, -0.15) is 0 Å². The number of halogens is 2. The summed E-state index contributed by atoms with van der Waals surface area (Å²) in [6.45, 7) is 1.88. The molecule has 0 aromatic carbocycles. The van der Waals surface area contributed by atoms with Gasteiger partial charge < -0.3 is 0 Å². The Morgan fingerprint density at radius 1 is 1.75 bits per heavy atom. The predicted octanol–water partition coefficient (Wildman–Crippen LogP) is 2.02. The van der Waals surface area contributed by atoms with Crippen molar-refractivity contribution in [2.75, 3.05) is 5.88 Å². The Bertz CT molecular complexity index is 78.5. The lowest BCUT2D eigenvalue weighted by Gasteiger charge is -2.00. The van der Waals surface area contributed by atoms with Crippen LogP contribution in [-0.2, 0) is 4.79 Å². The summed E-state index contributed by atoms with van der Waals surface area (Å²) in [6, 6.07) is 0. The van der Waals surface area contributed by atoms with E-state index >= 15 is 0 Å². The molecule has 0 bridgehead atoms. The van der Waals surface area contributed by atoms with E-state index in [9.17, 15) is 4.79 Å². The molecule has 0 radical (unpaired) electrons. The molecule has 0 amide bonds. The van der Waals surface area contributed by atoms with Crippen molar-refractivity contribution in [2.45, 2.75) is 13.3 Å². The zero-order valence-corrected chi connectivity index (χ0v) is 6.17. The zero-order valence-electron chi connectivity index (χ0n) is 4.66. The summed E-state index contributed by atoms with van der Waals surface area (Å²) in [4.78, 5) is 10.3. The highest BCUT2D eigenvalue weighted by Crippen LogP contribution is 2.07. The van der Waals surface area contributed by atoms with Crippen molar-refractivity contribution in [1.29, 1.82) is 0 Å². The van der Waals surface area contributed by atoms with E-state index in [-0.39, 0.29) is 11.2 Å². The molecule has 0 aliphatic heterocycles. The van der Waals surface area contributed by atoms with Gasteiger partial charge in [0.2, 0.25) is 5.24 Å².